The Bertz CT molecular complexity index is 1430. The number of nitrogens with one attached hydrogen (secondary N) is 1. The van der Waals surface area contributed by atoms with E-state index in [2.05, 4.69) is 5.32 Å². The molecule has 0 saturated heterocycles. The molecule has 0 aliphatic heterocycles. The summed E-state index contributed by atoms with van der Waals surface area (Å²) in [5, 5.41) is 3.01. The highest BCUT2D eigenvalue weighted by molar-refractivity contribution is 5.44. The van der Waals surface area contributed by atoms with Crippen molar-refractivity contribution in [2.45, 2.75) is 30.9 Å². The van der Waals surface area contributed by atoms with E-state index in [-0.39, 0.29) is 29.7 Å². The largest absolute Gasteiger partial charge is 0.419 e. The van der Waals surface area contributed by atoms with Crippen molar-refractivity contribution in [1.82, 2.24) is 5.32 Å². The Morgan fingerprint density at radius 2 is 1.18 bits per heavy atom. The first-order valence-corrected chi connectivity index (χ1v) is 11.6. The molecule has 0 aliphatic rings. The van der Waals surface area contributed by atoms with Gasteiger partial charge in [-0.05, 0) is 71.1 Å². The summed E-state index contributed by atoms with van der Waals surface area (Å²) in [5.41, 5.74) is -3.88. The van der Waals surface area contributed by atoms with E-state index >= 15 is 0 Å². The van der Waals surface area contributed by atoms with Gasteiger partial charge in [-0.3, -0.25) is 5.32 Å². The van der Waals surface area contributed by atoms with Crippen LogP contribution in [-0.2, 0) is 30.9 Å². The first kappa shape index (κ1) is 28.2. The first-order chi connectivity index (χ1) is 18.3. The summed E-state index contributed by atoms with van der Waals surface area (Å²) in [4.78, 5) is 0. The van der Waals surface area contributed by atoms with Crippen LogP contribution in [0.25, 0.3) is 0 Å². The van der Waals surface area contributed by atoms with Gasteiger partial charge in [-0.1, -0.05) is 48.5 Å². The Labute approximate surface area is 217 Å². The Balaban J connectivity index is 1.92. The third-order valence-electron chi connectivity index (χ3n) is 6.30. The molecular weight excluding hydrogens is 533 g/mol. The van der Waals surface area contributed by atoms with Crippen LogP contribution in [0.4, 0.5) is 39.5 Å². The number of halogens is 9. The van der Waals surface area contributed by atoms with Gasteiger partial charge < -0.3 is 0 Å². The van der Waals surface area contributed by atoms with Gasteiger partial charge in [-0.15, -0.1) is 0 Å². The molecule has 0 bridgehead atoms. The van der Waals surface area contributed by atoms with Crippen LogP contribution >= 0.6 is 0 Å². The summed E-state index contributed by atoms with van der Waals surface area (Å²) in [6.07, 6.45) is -9.98. The van der Waals surface area contributed by atoms with Crippen LogP contribution in [0.3, 0.4) is 0 Å². The van der Waals surface area contributed by atoms with Crippen molar-refractivity contribution in [3.63, 3.8) is 0 Å². The molecule has 0 heterocycles. The molecule has 4 aromatic carbocycles. The van der Waals surface area contributed by atoms with Crippen molar-refractivity contribution in [2.24, 2.45) is 0 Å². The fraction of sp³-hybridized carbons (Fsp3) is 0.172. The first-order valence-electron chi connectivity index (χ1n) is 11.6. The maximum absolute atomic E-state index is 14.6. The molecule has 0 aromatic heterocycles. The lowest BCUT2D eigenvalue weighted by Gasteiger charge is -2.37. The molecule has 0 fully saturated rings. The van der Waals surface area contributed by atoms with E-state index in [9.17, 15) is 39.5 Å². The zero-order valence-electron chi connectivity index (χ0n) is 20.0. The van der Waals surface area contributed by atoms with Gasteiger partial charge in [0.1, 0.15) is 17.5 Å². The number of rotatable bonds is 7. The Morgan fingerprint density at radius 3 is 1.79 bits per heavy atom. The highest BCUT2D eigenvalue weighted by Gasteiger charge is 2.39. The number of hydrogen-bond acceptors (Lipinski definition) is 1. The second kappa shape index (κ2) is 10.8. The van der Waals surface area contributed by atoms with Gasteiger partial charge in [-0.25, -0.2) is 13.2 Å². The molecule has 4 rings (SSSR count). The Kier molecular flexibility index (Phi) is 7.79. The Hall–Kier alpha value is -3.79. The topological polar surface area (TPSA) is 12.0 Å². The van der Waals surface area contributed by atoms with Crippen molar-refractivity contribution in [3.8, 4) is 0 Å². The van der Waals surface area contributed by atoms with E-state index in [1.807, 2.05) is 0 Å². The van der Waals surface area contributed by atoms with Gasteiger partial charge in [0.15, 0.2) is 0 Å². The van der Waals surface area contributed by atoms with Crippen molar-refractivity contribution in [1.29, 1.82) is 0 Å². The third kappa shape index (κ3) is 6.44. The van der Waals surface area contributed by atoms with E-state index in [0.29, 0.717) is 23.8 Å². The molecule has 10 heteroatoms. The van der Waals surface area contributed by atoms with Crippen LogP contribution in [-0.4, -0.2) is 0 Å². The minimum Gasteiger partial charge on any atom is -0.299 e. The molecule has 1 atom stereocenters. The molecule has 4 aromatic rings. The van der Waals surface area contributed by atoms with Crippen molar-refractivity contribution in [3.05, 3.63) is 142 Å². The smallest absolute Gasteiger partial charge is 0.299 e. The predicted molar refractivity (Wildman–Crippen MR) is 127 cm³/mol. The van der Waals surface area contributed by atoms with Crippen LogP contribution in [0.1, 0.15) is 33.4 Å². The zero-order chi connectivity index (χ0) is 28.4. The van der Waals surface area contributed by atoms with Crippen molar-refractivity contribution in [2.75, 3.05) is 0 Å². The van der Waals surface area contributed by atoms with Crippen molar-refractivity contribution < 1.29 is 39.5 Å². The van der Waals surface area contributed by atoms with E-state index < -0.39 is 46.5 Å². The second-order valence-electron chi connectivity index (χ2n) is 8.97. The lowest BCUT2D eigenvalue weighted by Crippen LogP contribution is -2.45. The van der Waals surface area contributed by atoms with Crippen LogP contribution in [0.15, 0.2) is 91.0 Å². The Morgan fingerprint density at radius 1 is 0.538 bits per heavy atom. The van der Waals surface area contributed by atoms with Gasteiger partial charge in [0.25, 0.3) is 0 Å². The highest BCUT2D eigenvalue weighted by Crippen LogP contribution is 2.39. The maximum Gasteiger partial charge on any atom is 0.419 e. The molecule has 0 amide bonds. The SMILES string of the molecule is Fc1ccc([C@](Cc2ccccc2)(NCc2ccc(F)c(C(F)(F)F)c2)c2cc(F)cc(C(F)(F)F)c2)cc1. The van der Waals surface area contributed by atoms with E-state index in [4.69, 9.17) is 0 Å². The summed E-state index contributed by atoms with van der Waals surface area (Å²) in [6, 6.07) is 17.4. The summed E-state index contributed by atoms with van der Waals surface area (Å²) < 4.78 is 123. The molecule has 0 aliphatic carbocycles. The summed E-state index contributed by atoms with van der Waals surface area (Å²) >= 11 is 0. The molecular formula is C29H20F9N. The van der Waals surface area contributed by atoms with Gasteiger partial charge in [-0.2, -0.15) is 26.3 Å². The van der Waals surface area contributed by atoms with Gasteiger partial charge in [0.2, 0.25) is 0 Å². The lowest BCUT2D eigenvalue weighted by atomic mass is 9.77. The minimum atomic E-state index is -4.98. The molecule has 0 radical (unpaired) electrons. The zero-order valence-corrected chi connectivity index (χ0v) is 20.0. The molecule has 1 nitrogen and oxygen atoms in total. The summed E-state index contributed by atoms with van der Waals surface area (Å²) in [5.74, 6) is -3.32. The van der Waals surface area contributed by atoms with E-state index in [1.54, 1.807) is 30.3 Å². The maximum atomic E-state index is 14.6. The number of alkyl halides is 6. The standard InChI is InChI=1S/C29H20F9N/c30-23-9-7-20(8-10-23)27(16-18-4-2-1-3-5-18,21-13-22(28(33,34)35)15-24(31)14-21)39-17-19-6-11-26(32)25(12-19)29(36,37)38/h1-15,39H,16-17H2/t27-/m0/s1. The molecule has 39 heavy (non-hydrogen) atoms. The average molecular weight is 553 g/mol. The van der Waals surface area contributed by atoms with Gasteiger partial charge in [0, 0.05) is 6.54 Å². The monoisotopic (exact) mass is 553 g/mol. The number of hydrogen-bond donors (Lipinski definition) is 1. The molecule has 0 unspecified atom stereocenters. The molecule has 0 saturated carbocycles. The quantitative estimate of drug-likeness (QED) is 0.227. The van der Waals surface area contributed by atoms with Crippen LogP contribution in [0, 0.1) is 17.5 Å². The van der Waals surface area contributed by atoms with Crippen LogP contribution < -0.4 is 5.32 Å². The van der Waals surface area contributed by atoms with Crippen LogP contribution in [0.2, 0.25) is 0 Å². The molecule has 1 N–H and O–H groups in total. The highest BCUT2D eigenvalue weighted by atomic mass is 19.4. The lowest BCUT2D eigenvalue weighted by molar-refractivity contribution is -0.140. The van der Waals surface area contributed by atoms with E-state index in [0.717, 1.165) is 30.3 Å². The molecule has 204 valence electrons. The molecule has 0 spiro atoms. The minimum absolute atomic E-state index is 0.0317. The fourth-order valence-corrected chi connectivity index (χ4v) is 4.43. The fourth-order valence-electron chi connectivity index (χ4n) is 4.43. The van der Waals surface area contributed by atoms with Crippen molar-refractivity contribution >= 4 is 0 Å². The number of benzene rings is 4. The van der Waals surface area contributed by atoms with Crippen LogP contribution in [0.5, 0.6) is 0 Å². The van der Waals surface area contributed by atoms with E-state index in [1.165, 1.54) is 12.1 Å². The summed E-state index contributed by atoms with van der Waals surface area (Å²) in [7, 11) is 0. The summed E-state index contributed by atoms with van der Waals surface area (Å²) in [6.45, 7) is -0.383. The second-order valence-corrected chi connectivity index (χ2v) is 8.97. The van der Waals surface area contributed by atoms with Gasteiger partial charge in [0.05, 0.1) is 16.7 Å². The predicted octanol–water partition coefficient (Wildman–Crippen LogP) is 8.42. The van der Waals surface area contributed by atoms with Gasteiger partial charge >= 0.3 is 12.4 Å². The average Bonchev–Trinajstić information content (AvgIpc) is 2.87. The third-order valence-corrected chi connectivity index (χ3v) is 6.30. The normalized spacial score (nSPS) is 13.8.